The second-order valence-electron chi connectivity index (χ2n) is 5.10. The zero-order valence-corrected chi connectivity index (χ0v) is 14.6. The Balaban J connectivity index is 1.72. The smallest absolute Gasteiger partial charge is 0.355 e. The van der Waals surface area contributed by atoms with Crippen LogP contribution in [0.1, 0.15) is 16.1 Å². The van der Waals surface area contributed by atoms with Crippen molar-refractivity contribution in [3.63, 3.8) is 0 Å². The van der Waals surface area contributed by atoms with E-state index >= 15 is 0 Å². The van der Waals surface area contributed by atoms with E-state index in [0.717, 1.165) is 5.56 Å². The molecule has 25 heavy (non-hydrogen) atoms. The minimum absolute atomic E-state index is 0.0246. The largest absolute Gasteiger partial charge is 0.451 e. The van der Waals surface area contributed by atoms with E-state index in [-0.39, 0.29) is 10.6 Å². The van der Waals surface area contributed by atoms with Gasteiger partial charge in [0.15, 0.2) is 6.61 Å². The highest BCUT2D eigenvalue weighted by Gasteiger charge is 2.12. The van der Waals surface area contributed by atoms with Crippen LogP contribution < -0.4 is 10.5 Å². The fourth-order valence-corrected chi connectivity index (χ4v) is 2.62. The predicted molar refractivity (Wildman–Crippen MR) is 90.6 cm³/mol. The molecule has 1 aromatic heterocycles. The molecule has 0 fully saturated rings. The van der Waals surface area contributed by atoms with Crippen LogP contribution in [0.5, 0.6) is 0 Å². The van der Waals surface area contributed by atoms with Crippen LogP contribution in [0.15, 0.2) is 41.4 Å². The van der Waals surface area contributed by atoms with Crippen LogP contribution in [0.2, 0.25) is 5.02 Å². The summed E-state index contributed by atoms with van der Waals surface area (Å²) in [5, 5.41) is 7.97. The zero-order valence-electron chi connectivity index (χ0n) is 13.0. The van der Waals surface area contributed by atoms with E-state index in [9.17, 15) is 18.0 Å². The lowest BCUT2D eigenvalue weighted by Crippen LogP contribution is -2.30. The van der Waals surface area contributed by atoms with Crippen LogP contribution in [-0.2, 0) is 26.0 Å². The summed E-state index contributed by atoms with van der Waals surface area (Å²) in [6.07, 6.45) is 1.91. The molecule has 1 heterocycles. The van der Waals surface area contributed by atoms with Crippen LogP contribution in [0.25, 0.3) is 0 Å². The van der Waals surface area contributed by atoms with Crippen molar-refractivity contribution in [2.45, 2.75) is 11.3 Å². The molecule has 0 aliphatic rings. The minimum Gasteiger partial charge on any atom is -0.451 e. The number of benzene rings is 1. The molecule has 0 aliphatic heterocycles. The van der Waals surface area contributed by atoms with Crippen molar-refractivity contribution >= 4 is 33.5 Å². The molecule has 2 aromatic rings. The maximum atomic E-state index is 11.6. The Hall–Kier alpha value is -2.36. The minimum atomic E-state index is -3.72. The third-order valence-electron chi connectivity index (χ3n) is 3.19. The number of aromatic nitrogens is 1. The number of esters is 1. The highest BCUT2D eigenvalue weighted by molar-refractivity contribution is 7.89. The number of carbonyl (C=O) groups excluding carboxylic acids is 2. The fourth-order valence-electron chi connectivity index (χ4n) is 1.94. The van der Waals surface area contributed by atoms with Gasteiger partial charge < -0.3 is 15.0 Å². The van der Waals surface area contributed by atoms with Crippen LogP contribution in [0.4, 0.5) is 0 Å². The molecule has 0 saturated heterocycles. The summed E-state index contributed by atoms with van der Waals surface area (Å²) in [7, 11) is -3.72. The molecule has 0 radical (unpaired) electrons. The molecule has 134 valence electrons. The normalized spacial score (nSPS) is 11.1. The van der Waals surface area contributed by atoms with Gasteiger partial charge in [-0.15, -0.1) is 0 Å². The standard InChI is InChI=1S/C15H16ClN3O5S/c16-11-7-13(19-8-11)15(21)24-9-14(20)18-6-5-10-1-3-12(4-2-10)25(17,22)23/h1-4,7-8,19H,5-6,9H2,(H,18,20)(H2,17,22,23). The van der Waals surface area contributed by atoms with E-state index in [1.165, 1.54) is 24.4 Å². The van der Waals surface area contributed by atoms with Gasteiger partial charge in [-0.25, -0.2) is 18.4 Å². The molecule has 0 atom stereocenters. The molecule has 10 heteroatoms. The number of hydrogen-bond donors (Lipinski definition) is 3. The molecule has 8 nitrogen and oxygen atoms in total. The van der Waals surface area contributed by atoms with Gasteiger partial charge in [-0.1, -0.05) is 23.7 Å². The number of aromatic amines is 1. The quantitative estimate of drug-likeness (QED) is 0.607. The summed E-state index contributed by atoms with van der Waals surface area (Å²) in [5.74, 6) is -1.13. The van der Waals surface area contributed by atoms with E-state index in [2.05, 4.69) is 10.3 Å². The number of primary sulfonamides is 1. The van der Waals surface area contributed by atoms with E-state index < -0.39 is 28.5 Å². The van der Waals surface area contributed by atoms with Crippen molar-refractivity contribution < 1.29 is 22.7 Å². The Bertz CT molecular complexity index is 862. The van der Waals surface area contributed by atoms with Gasteiger partial charge in [0.25, 0.3) is 5.91 Å². The number of ether oxygens (including phenoxy) is 1. The summed E-state index contributed by atoms with van der Waals surface area (Å²) in [6.45, 7) is -0.112. The van der Waals surface area contributed by atoms with Crippen molar-refractivity contribution in [2.24, 2.45) is 5.14 Å². The zero-order chi connectivity index (χ0) is 18.4. The number of rotatable bonds is 7. The van der Waals surface area contributed by atoms with Gasteiger partial charge in [0, 0.05) is 12.7 Å². The first-order chi connectivity index (χ1) is 11.8. The first kappa shape index (κ1) is 19.0. The molecule has 0 spiro atoms. The lowest BCUT2D eigenvalue weighted by molar-refractivity contribution is -0.124. The monoisotopic (exact) mass is 385 g/mol. The van der Waals surface area contributed by atoms with Gasteiger partial charge in [-0.05, 0) is 30.2 Å². The topological polar surface area (TPSA) is 131 Å². The number of nitrogens with two attached hydrogens (primary N) is 1. The van der Waals surface area contributed by atoms with Crippen LogP contribution in [-0.4, -0.2) is 38.4 Å². The summed E-state index contributed by atoms with van der Waals surface area (Å²) in [5.41, 5.74) is 0.985. The Morgan fingerprint density at radius 1 is 1.24 bits per heavy atom. The predicted octanol–water partition coefficient (Wildman–Crippen LogP) is 0.831. The summed E-state index contributed by atoms with van der Waals surface area (Å²) in [4.78, 5) is 25.9. The molecular weight excluding hydrogens is 370 g/mol. The Kier molecular flexibility index (Phi) is 6.18. The molecule has 0 aliphatic carbocycles. The molecule has 0 saturated carbocycles. The van der Waals surface area contributed by atoms with Crippen molar-refractivity contribution in [3.05, 3.63) is 52.8 Å². The molecular formula is C15H16ClN3O5S. The molecule has 4 N–H and O–H groups in total. The summed E-state index contributed by atoms with van der Waals surface area (Å²) >= 11 is 5.67. The molecule has 1 aromatic carbocycles. The van der Waals surface area contributed by atoms with Gasteiger partial charge in [-0.2, -0.15) is 0 Å². The molecule has 0 bridgehead atoms. The maximum Gasteiger partial charge on any atom is 0.355 e. The third kappa shape index (κ3) is 5.89. The van der Waals surface area contributed by atoms with Crippen molar-refractivity contribution in [1.29, 1.82) is 0 Å². The van der Waals surface area contributed by atoms with E-state index in [1.54, 1.807) is 12.1 Å². The van der Waals surface area contributed by atoms with Crippen LogP contribution in [0.3, 0.4) is 0 Å². The average Bonchev–Trinajstić information content (AvgIpc) is 2.99. The van der Waals surface area contributed by atoms with E-state index in [4.69, 9.17) is 21.5 Å². The summed E-state index contributed by atoms with van der Waals surface area (Å²) < 4.78 is 27.1. The van der Waals surface area contributed by atoms with Gasteiger partial charge >= 0.3 is 5.97 Å². The molecule has 0 unspecified atom stereocenters. The van der Waals surface area contributed by atoms with Crippen LogP contribution >= 0.6 is 11.6 Å². The first-order valence-electron chi connectivity index (χ1n) is 7.15. The van der Waals surface area contributed by atoms with Gasteiger partial charge in [0.05, 0.1) is 9.92 Å². The number of H-pyrrole nitrogens is 1. The first-order valence-corrected chi connectivity index (χ1v) is 9.07. The second kappa shape index (κ2) is 8.15. The van der Waals surface area contributed by atoms with Gasteiger partial charge in [0.1, 0.15) is 5.69 Å². The number of sulfonamides is 1. The Labute approximate surface area is 149 Å². The van der Waals surface area contributed by atoms with Crippen molar-refractivity contribution in [3.8, 4) is 0 Å². The molecule has 2 rings (SSSR count). The van der Waals surface area contributed by atoms with Crippen LogP contribution in [0, 0.1) is 0 Å². The summed E-state index contributed by atoms with van der Waals surface area (Å²) in [6, 6.07) is 7.42. The number of nitrogens with one attached hydrogen (secondary N) is 2. The lowest BCUT2D eigenvalue weighted by atomic mass is 10.1. The van der Waals surface area contributed by atoms with Crippen molar-refractivity contribution in [2.75, 3.05) is 13.2 Å². The lowest BCUT2D eigenvalue weighted by Gasteiger charge is -2.06. The number of carbonyl (C=O) groups is 2. The SMILES string of the molecule is NS(=O)(=O)c1ccc(CCNC(=O)COC(=O)c2cc(Cl)c[nH]2)cc1. The fraction of sp³-hybridized carbons (Fsp3) is 0.200. The highest BCUT2D eigenvalue weighted by atomic mass is 35.5. The number of hydrogen-bond acceptors (Lipinski definition) is 5. The Morgan fingerprint density at radius 2 is 1.92 bits per heavy atom. The van der Waals surface area contributed by atoms with E-state index in [0.29, 0.717) is 18.0 Å². The Morgan fingerprint density at radius 3 is 2.48 bits per heavy atom. The average molecular weight is 386 g/mol. The van der Waals surface area contributed by atoms with E-state index in [1.807, 2.05) is 0 Å². The van der Waals surface area contributed by atoms with Gasteiger partial charge in [0.2, 0.25) is 10.0 Å². The second-order valence-corrected chi connectivity index (χ2v) is 7.09. The van der Waals surface area contributed by atoms with Gasteiger partial charge in [-0.3, -0.25) is 4.79 Å². The third-order valence-corrected chi connectivity index (χ3v) is 4.34. The molecule has 1 amide bonds. The van der Waals surface area contributed by atoms with Crippen molar-refractivity contribution in [1.82, 2.24) is 10.3 Å². The number of halogens is 1. The highest BCUT2D eigenvalue weighted by Crippen LogP contribution is 2.10. The maximum absolute atomic E-state index is 11.6. The number of amides is 1.